The van der Waals surface area contributed by atoms with Crippen molar-refractivity contribution in [1.82, 2.24) is 4.72 Å². The molecule has 0 saturated heterocycles. The van der Waals surface area contributed by atoms with Crippen LogP contribution >= 0.6 is 11.8 Å². The first-order valence-corrected chi connectivity index (χ1v) is 5.76. The van der Waals surface area contributed by atoms with Crippen LogP contribution in [0.1, 0.15) is 6.42 Å². The lowest BCUT2D eigenvalue weighted by Gasteiger charge is -2.02. The molecule has 0 aliphatic heterocycles. The lowest BCUT2D eigenvalue weighted by Crippen LogP contribution is -2.35. The van der Waals surface area contributed by atoms with E-state index in [0.717, 1.165) is 0 Å². The number of hydrogen-bond acceptors (Lipinski definition) is 4. The average Bonchev–Trinajstić information content (AvgIpc) is 1.79. The normalized spacial score (nSPS) is 11.1. The average molecular weight is 197 g/mol. The highest BCUT2D eigenvalue weighted by Gasteiger charge is 2.03. The molecule has 0 atom stereocenters. The van der Waals surface area contributed by atoms with Crippen molar-refractivity contribution >= 4 is 27.8 Å². The zero-order valence-electron chi connectivity index (χ0n) is 6.12. The largest absolute Gasteiger partial charge is 0.297 e. The van der Waals surface area contributed by atoms with Crippen molar-refractivity contribution in [1.29, 1.82) is 5.41 Å². The van der Waals surface area contributed by atoms with E-state index in [2.05, 4.69) is 5.14 Å². The monoisotopic (exact) mass is 197 g/mol. The molecular weight excluding hydrogens is 186 g/mol. The van der Waals surface area contributed by atoms with Crippen molar-refractivity contribution in [2.24, 2.45) is 5.14 Å². The molecule has 0 aromatic heterocycles. The highest BCUT2D eigenvalue weighted by Crippen LogP contribution is 1.94. The summed E-state index contributed by atoms with van der Waals surface area (Å²) in [4.78, 5) is 0. The summed E-state index contributed by atoms with van der Waals surface area (Å²) in [5.74, 6) is 0.642. The minimum absolute atomic E-state index is 0.0677. The topological polar surface area (TPSA) is 96.0 Å². The van der Waals surface area contributed by atoms with E-state index in [1.807, 2.05) is 11.0 Å². The molecule has 0 spiro atoms. The van der Waals surface area contributed by atoms with Crippen LogP contribution in [0.15, 0.2) is 0 Å². The van der Waals surface area contributed by atoms with Gasteiger partial charge in [0, 0.05) is 12.2 Å². The molecule has 4 N–H and O–H groups in total. The molecule has 7 heteroatoms. The minimum atomic E-state index is -3.74. The van der Waals surface area contributed by atoms with Crippen molar-refractivity contribution in [2.75, 3.05) is 12.0 Å². The molecule has 0 unspecified atom stereocenters. The maximum atomic E-state index is 10.3. The van der Waals surface area contributed by atoms with Crippen LogP contribution in [-0.2, 0) is 10.2 Å². The van der Waals surface area contributed by atoms with Gasteiger partial charge in [-0.05, 0) is 6.26 Å². The van der Waals surface area contributed by atoms with Crippen LogP contribution in [0.25, 0.3) is 0 Å². The first-order chi connectivity index (χ1) is 4.95. The lowest BCUT2D eigenvalue weighted by atomic mass is 10.5. The van der Waals surface area contributed by atoms with Crippen LogP contribution in [0.5, 0.6) is 0 Å². The van der Waals surface area contributed by atoms with Gasteiger partial charge in [0.1, 0.15) is 5.84 Å². The Kier molecular flexibility index (Phi) is 4.46. The molecule has 0 saturated carbocycles. The van der Waals surface area contributed by atoms with Gasteiger partial charge in [-0.1, -0.05) is 0 Å². The molecule has 11 heavy (non-hydrogen) atoms. The van der Waals surface area contributed by atoms with Gasteiger partial charge in [-0.15, -0.1) is 0 Å². The molecule has 0 bridgehead atoms. The Balaban J connectivity index is 3.71. The van der Waals surface area contributed by atoms with Gasteiger partial charge in [-0.3, -0.25) is 10.1 Å². The number of nitrogens with two attached hydrogens (primary N) is 1. The summed E-state index contributed by atoms with van der Waals surface area (Å²) in [6.07, 6.45) is 2.27. The van der Waals surface area contributed by atoms with Crippen molar-refractivity contribution in [2.45, 2.75) is 6.42 Å². The summed E-state index contributed by atoms with van der Waals surface area (Å²) in [5, 5.41) is 11.7. The summed E-state index contributed by atoms with van der Waals surface area (Å²) < 4.78 is 22.5. The third-order valence-electron chi connectivity index (χ3n) is 0.822. The highest BCUT2D eigenvalue weighted by molar-refractivity contribution is 7.98. The van der Waals surface area contributed by atoms with Gasteiger partial charge in [0.2, 0.25) is 0 Å². The van der Waals surface area contributed by atoms with Gasteiger partial charge in [0.25, 0.3) is 10.2 Å². The zero-order chi connectivity index (χ0) is 8.91. The minimum Gasteiger partial charge on any atom is -0.288 e. The number of hydrogen-bond donors (Lipinski definition) is 3. The van der Waals surface area contributed by atoms with Crippen LogP contribution in [0.4, 0.5) is 0 Å². The second kappa shape index (κ2) is 4.58. The van der Waals surface area contributed by atoms with Crippen molar-refractivity contribution in [3.05, 3.63) is 0 Å². The van der Waals surface area contributed by atoms with Gasteiger partial charge >= 0.3 is 0 Å². The molecule has 0 aliphatic carbocycles. The van der Waals surface area contributed by atoms with Gasteiger partial charge in [0.15, 0.2) is 0 Å². The molecule has 0 aliphatic rings. The maximum absolute atomic E-state index is 10.3. The molecule has 0 amide bonds. The summed E-state index contributed by atoms with van der Waals surface area (Å²) in [5.41, 5.74) is 0. The summed E-state index contributed by atoms with van der Waals surface area (Å²) in [7, 11) is -3.74. The third kappa shape index (κ3) is 7.63. The quantitative estimate of drug-likeness (QED) is 0.419. The molecule has 0 heterocycles. The summed E-state index contributed by atoms with van der Waals surface area (Å²) >= 11 is 1.54. The Morgan fingerprint density at radius 3 is 2.64 bits per heavy atom. The Labute approximate surface area is 70.4 Å². The Bertz CT molecular complexity index is 223. The summed E-state index contributed by atoms with van der Waals surface area (Å²) in [6, 6.07) is 0. The highest BCUT2D eigenvalue weighted by atomic mass is 32.2. The lowest BCUT2D eigenvalue weighted by molar-refractivity contribution is 0.594. The van der Waals surface area contributed by atoms with Gasteiger partial charge in [-0.25, -0.2) is 5.14 Å². The standard InChI is InChI=1S/C4H11N3O2S2/c1-10-3-2-4(5)7-11(6,8)9/h2-3H2,1H3,(H2,5,7)(H2,6,8,9). The fourth-order valence-corrected chi connectivity index (χ4v) is 1.28. The van der Waals surface area contributed by atoms with Crippen molar-refractivity contribution < 1.29 is 8.42 Å². The smallest absolute Gasteiger partial charge is 0.288 e. The Morgan fingerprint density at radius 2 is 2.27 bits per heavy atom. The van der Waals surface area contributed by atoms with Gasteiger partial charge in [0.05, 0.1) is 0 Å². The maximum Gasteiger partial charge on any atom is 0.297 e. The zero-order valence-corrected chi connectivity index (χ0v) is 7.76. The predicted molar refractivity (Wildman–Crippen MR) is 47.0 cm³/mol. The molecular formula is C4H11N3O2S2. The number of amidine groups is 1. The van der Waals surface area contributed by atoms with Crippen LogP contribution in [0, 0.1) is 5.41 Å². The molecule has 5 nitrogen and oxygen atoms in total. The van der Waals surface area contributed by atoms with Crippen LogP contribution in [0.2, 0.25) is 0 Å². The summed E-state index contributed by atoms with van der Waals surface area (Å²) in [6.45, 7) is 0. The first kappa shape index (κ1) is 10.7. The molecule has 0 radical (unpaired) electrons. The van der Waals surface area contributed by atoms with E-state index >= 15 is 0 Å². The second-order valence-electron chi connectivity index (χ2n) is 1.87. The van der Waals surface area contributed by atoms with E-state index in [1.54, 1.807) is 0 Å². The van der Waals surface area contributed by atoms with Crippen LogP contribution in [0.3, 0.4) is 0 Å². The van der Waals surface area contributed by atoms with E-state index in [0.29, 0.717) is 12.2 Å². The van der Waals surface area contributed by atoms with Crippen molar-refractivity contribution in [3.8, 4) is 0 Å². The first-order valence-electron chi connectivity index (χ1n) is 2.82. The van der Waals surface area contributed by atoms with Crippen LogP contribution in [-0.4, -0.2) is 26.3 Å². The molecule has 0 rings (SSSR count). The van der Waals surface area contributed by atoms with Gasteiger partial charge < -0.3 is 0 Å². The number of thioether (sulfide) groups is 1. The predicted octanol–water partition coefficient (Wildman–Crippen LogP) is -0.490. The van der Waals surface area contributed by atoms with Crippen molar-refractivity contribution in [3.63, 3.8) is 0 Å². The van der Waals surface area contributed by atoms with E-state index in [-0.39, 0.29) is 5.84 Å². The van der Waals surface area contributed by atoms with Crippen LogP contribution < -0.4 is 9.86 Å². The van der Waals surface area contributed by atoms with E-state index in [9.17, 15) is 8.42 Å². The molecule has 0 aromatic carbocycles. The molecule has 0 fully saturated rings. The molecule has 66 valence electrons. The third-order valence-corrected chi connectivity index (χ3v) is 1.96. The van der Waals surface area contributed by atoms with E-state index < -0.39 is 10.2 Å². The fraction of sp³-hybridized carbons (Fsp3) is 0.750. The number of nitrogens with one attached hydrogen (secondary N) is 2. The van der Waals surface area contributed by atoms with E-state index in [4.69, 9.17) is 5.41 Å². The number of rotatable bonds is 4. The fourth-order valence-electron chi connectivity index (χ4n) is 0.427. The Hall–Kier alpha value is -0.270. The van der Waals surface area contributed by atoms with Gasteiger partial charge in [-0.2, -0.15) is 20.2 Å². The SMILES string of the molecule is CSCCC(=N)NS(N)(=O)=O. The Morgan fingerprint density at radius 1 is 1.73 bits per heavy atom. The van der Waals surface area contributed by atoms with E-state index in [1.165, 1.54) is 11.8 Å². The second-order valence-corrected chi connectivity index (χ2v) is 4.15. The molecule has 0 aromatic rings.